The van der Waals surface area contributed by atoms with E-state index < -0.39 is 10.1 Å². The highest BCUT2D eigenvalue weighted by Gasteiger charge is 2.14. The molecule has 0 aliphatic rings. The maximum absolute atomic E-state index is 12.0. The predicted molar refractivity (Wildman–Crippen MR) is 124 cm³/mol. The van der Waals surface area contributed by atoms with Crippen LogP contribution in [-0.2, 0) is 44.6 Å². The first-order valence-corrected chi connectivity index (χ1v) is 12.4. The summed E-state index contributed by atoms with van der Waals surface area (Å²) in [7, 11) is -3.75. The molecule has 0 atom stereocenters. The summed E-state index contributed by atoms with van der Waals surface area (Å²) in [5.74, 6) is 0. The van der Waals surface area contributed by atoms with Crippen LogP contribution in [0.3, 0.4) is 0 Å². The molecule has 0 saturated carbocycles. The number of benzene rings is 2. The Balaban J connectivity index is 1.31. The molecule has 0 bridgehead atoms. The molecule has 8 nitrogen and oxygen atoms in total. The summed E-state index contributed by atoms with van der Waals surface area (Å²) in [6.45, 7) is 6.31. The molecule has 33 heavy (non-hydrogen) atoms. The SMILES string of the molecule is Cc1ccc(S(=O)(=O)OCCOCCOCCOCCOCCOCc2ccccc2)cc1. The van der Waals surface area contributed by atoms with Crippen LogP contribution in [-0.4, -0.2) is 74.5 Å². The molecule has 2 rings (SSSR count). The third kappa shape index (κ3) is 12.8. The lowest BCUT2D eigenvalue weighted by atomic mass is 10.2. The van der Waals surface area contributed by atoms with Crippen molar-refractivity contribution in [1.82, 2.24) is 0 Å². The summed E-state index contributed by atoms with van der Waals surface area (Å²) in [4.78, 5) is 0.137. The Morgan fingerprint density at radius 2 is 1.03 bits per heavy atom. The van der Waals surface area contributed by atoms with E-state index in [1.165, 1.54) is 12.1 Å². The molecule has 0 N–H and O–H groups in total. The molecule has 0 amide bonds. The van der Waals surface area contributed by atoms with E-state index in [1.807, 2.05) is 37.3 Å². The second-order valence-electron chi connectivity index (χ2n) is 7.08. The molecule has 0 aromatic heterocycles. The van der Waals surface area contributed by atoms with Crippen LogP contribution in [0.25, 0.3) is 0 Å². The average molecular weight is 483 g/mol. The number of hydrogen-bond donors (Lipinski definition) is 0. The molecule has 9 heteroatoms. The Hall–Kier alpha value is -1.85. The van der Waals surface area contributed by atoms with Crippen molar-refractivity contribution in [1.29, 1.82) is 0 Å². The normalized spacial score (nSPS) is 11.7. The van der Waals surface area contributed by atoms with Gasteiger partial charge in [0.25, 0.3) is 10.1 Å². The summed E-state index contributed by atoms with van der Waals surface area (Å²) in [6, 6.07) is 16.5. The molecule has 0 fully saturated rings. The van der Waals surface area contributed by atoms with Crippen molar-refractivity contribution < 1.29 is 36.3 Å². The summed E-state index contributed by atoms with van der Waals surface area (Å²) in [5, 5.41) is 0. The topological polar surface area (TPSA) is 89.5 Å². The first-order chi connectivity index (χ1) is 16.1. The zero-order valence-electron chi connectivity index (χ0n) is 19.1. The highest BCUT2D eigenvalue weighted by molar-refractivity contribution is 7.86. The van der Waals surface area contributed by atoms with Crippen LogP contribution in [0.5, 0.6) is 0 Å². The van der Waals surface area contributed by atoms with E-state index in [1.54, 1.807) is 12.1 Å². The minimum atomic E-state index is -3.75. The first-order valence-electron chi connectivity index (χ1n) is 11.0. The minimum Gasteiger partial charge on any atom is -0.377 e. The van der Waals surface area contributed by atoms with Gasteiger partial charge in [0.1, 0.15) is 0 Å². The van der Waals surface area contributed by atoms with E-state index in [0.29, 0.717) is 59.5 Å². The van der Waals surface area contributed by atoms with Gasteiger partial charge in [0.2, 0.25) is 0 Å². The fourth-order valence-electron chi connectivity index (χ4n) is 2.62. The van der Waals surface area contributed by atoms with Crippen molar-refractivity contribution in [2.24, 2.45) is 0 Å². The Bertz CT molecular complexity index is 841. The molecule has 0 heterocycles. The fraction of sp³-hybridized carbons (Fsp3) is 0.500. The van der Waals surface area contributed by atoms with E-state index in [0.717, 1.165) is 11.1 Å². The monoisotopic (exact) mass is 482 g/mol. The Morgan fingerprint density at radius 1 is 0.576 bits per heavy atom. The fourth-order valence-corrected chi connectivity index (χ4v) is 3.51. The van der Waals surface area contributed by atoms with Gasteiger partial charge >= 0.3 is 0 Å². The van der Waals surface area contributed by atoms with Crippen molar-refractivity contribution >= 4 is 10.1 Å². The van der Waals surface area contributed by atoms with Gasteiger partial charge in [-0.1, -0.05) is 48.0 Å². The van der Waals surface area contributed by atoms with Gasteiger partial charge in [-0.2, -0.15) is 8.42 Å². The van der Waals surface area contributed by atoms with E-state index >= 15 is 0 Å². The zero-order chi connectivity index (χ0) is 23.6. The van der Waals surface area contributed by atoms with E-state index in [2.05, 4.69) is 0 Å². The van der Waals surface area contributed by atoms with Crippen molar-refractivity contribution in [3.8, 4) is 0 Å². The van der Waals surface area contributed by atoms with Gasteiger partial charge in [-0.25, -0.2) is 0 Å². The van der Waals surface area contributed by atoms with Crippen LogP contribution < -0.4 is 0 Å². The molecular weight excluding hydrogens is 448 g/mol. The molecule has 0 radical (unpaired) electrons. The quantitative estimate of drug-likeness (QED) is 0.223. The smallest absolute Gasteiger partial charge is 0.297 e. The van der Waals surface area contributed by atoms with Crippen LogP contribution in [0.15, 0.2) is 59.5 Å². The first kappa shape index (κ1) is 27.4. The van der Waals surface area contributed by atoms with Crippen LogP contribution in [0.1, 0.15) is 11.1 Å². The van der Waals surface area contributed by atoms with E-state index in [9.17, 15) is 8.42 Å². The van der Waals surface area contributed by atoms with E-state index in [-0.39, 0.29) is 18.1 Å². The Morgan fingerprint density at radius 3 is 1.55 bits per heavy atom. The van der Waals surface area contributed by atoms with Crippen molar-refractivity contribution in [3.05, 3.63) is 65.7 Å². The Labute approximate surface area is 196 Å². The molecule has 0 aliphatic heterocycles. The summed E-state index contributed by atoms with van der Waals surface area (Å²) in [5.41, 5.74) is 2.13. The van der Waals surface area contributed by atoms with Crippen molar-refractivity contribution in [2.45, 2.75) is 18.4 Å². The van der Waals surface area contributed by atoms with Gasteiger partial charge in [0.05, 0.1) is 77.6 Å². The van der Waals surface area contributed by atoms with Crippen molar-refractivity contribution in [2.75, 3.05) is 66.1 Å². The van der Waals surface area contributed by atoms with Gasteiger partial charge in [-0.3, -0.25) is 4.18 Å². The average Bonchev–Trinajstić information content (AvgIpc) is 2.82. The number of ether oxygens (including phenoxy) is 5. The second kappa shape index (κ2) is 16.7. The van der Waals surface area contributed by atoms with Crippen molar-refractivity contribution in [3.63, 3.8) is 0 Å². The third-order valence-corrected chi connectivity index (χ3v) is 5.70. The summed E-state index contributed by atoms with van der Waals surface area (Å²) >= 11 is 0. The van der Waals surface area contributed by atoms with Gasteiger partial charge in [0.15, 0.2) is 0 Å². The maximum atomic E-state index is 12.0. The van der Waals surface area contributed by atoms with Crippen LogP contribution in [0, 0.1) is 6.92 Å². The van der Waals surface area contributed by atoms with Gasteiger partial charge in [-0.05, 0) is 24.6 Å². The number of aryl methyl sites for hydroxylation is 1. The molecule has 2 aromatic carbocycles. The summed E-state index contributed by atoms with van der Waals surface area (Å²) < 4.78 is 56.1. The Kier molecular flexibility index (Phi) is 13.9. The molecule has 0 saturated heterocycles. The standard InChI is InChI=1S/C24H34O8S/c1-22-7-9-24(10-8-22)33(25,26)32-20-19-30-16-15-28-12-11-27-13-14-29-17-18-31-21-23-5-3-2-4-6-23/h2-10H,11-21H2,1H3. The van der Waals surface area contributed by atoms with Gasteiger partial charge < -0.3 is 23.7 Å². The number of rotatable bonds is 19. The largest absolute Gasteiger partial charge is 0.377 e. The third-order valence-electron chi connectivity index (χ3n) is 4.38. The molecule has 0 unspecified atom stereocenters. The lowest BCUT2D eigenvalue weighted by molar-refractivity contribution is -0.0138. The minimum absolute atomic E-state index is 0.0450. The predicted octanol–water partition coefficient (Wildman–Crippen LogP) is 2.98. The van der Waals surface area contributed by atoms with Gasteiger partial charge in [0, 0.05) is 0 Å². The molecule has 0 spiro atoms. The molecule has 184 valence electrons. The lowest BCUT2D eigenvalue weighted by Gasteiger charge is -2.08. The zero-order valence-corrected chi connectivity index (χ0v) is 20.0. The molecule has 2 aromatic rings. The van der Waals surface area contributed by atoms with Crippen LogP contribution in [0.4, 0.5) is 0 Å². The summed E-state index contributed by atoms with van der Waals surface area (Å²) in [6.07, 6.45) is 0. The maximum Gasteiger partial charge on any atom is 0.297 e. The highest BCUT2D eigenvalue weighted by Crippen LogP contribution is 2.12. The van der Waals surface area contributed by atoms with Crippen LogP contribution in [0.2, 0.25) is 0 Å². The molecule has 0 aliphatic carbocycles. The lowest BCUT2D eigenvalue weighted by Crippen LogP contribution is -2.15. The number of hydrogen-bond acceptors (Lipinski definition) is 8. The van der Waals surface area contributed by atoms with Gasteiger partial charge in [-0.15, -0.1) is 0 Å². The van der Waals surface area contributed by atoms with Crippen LogP contribution >= 0.6 is 0 Å². The molecular formula is C24H34O8S. The second-order valence-corrected chi connectivity index (χ2v) is 8.69. The highest BCUT2D eigenvalue weighted by atomic mass is 32.2. The van der Waals surface area contributed by atoms with E-state index in [4.69, 9.17) is 27.9 Å².